The number of ether oxygens (including phenoxy) is 4. The van der Waals surface area contributed by atoms with E-state index in [1.807, 2.05) is 29.6 Å². The summed E-state index contributed by atoms with van der Waals surface area (Å²) in [6.45, 7) is 0.335. The molecule has 0 amide bonds. The van der Waals surface area contributed by atoms with Gasteiger partial charge < -0.3 is 18.9 Å². The summed E-state index contributed by atoms with van der Waals surface area (Å²) in [5.41, 5.74) is 1.93. The lowest BCUT2D eigenvalue weighted by molar-refractivity contribution is 0.333. The summed E-state index contributed by atoms with van der Waals surface area (Å²) in [7, 11) is 2.33. The van der Waals surface area contributed by atoms with Crippen LogP contribution in [0.5, 0.6) is 23.0 Å². The number of nitrogens with zero attached hydrogens (tertiary/aromatic N) is 1. The van der Waals surface area contributed by atoms with Crippen molar-refractivity contribution >= 4 is 21.4 Å². The van der Waals surface area contributed by atoms with E-state index in [0.717, 1.165) is 16.0 Å². The van der Waals surface area contributed by atoms with Gasteiger partial charge in [0.15, 0.2) is 23.0 Å². The molecule has 1 aromatic heterocycles. The summed E-state index contributed by atoms with van der Waals surface area (Å²) in [5, 5.41) is 1.95. The molecule has 0 saturated carbocycles. The SMILES string of the molecule is COc1ccc(S(=O)(=O)N2CCc3cc(OC)c(OC)cc3C2c2cccs2)cc1OC. The second kappa shape index (κ2) is 9.01. The molecule has 1 aliphatic rings. The van der Waals surface area contributed by atoms with Gasteiger partial charge in [-0.25, -0.2) is 8.42 Å². The monoisotopic (exact) mass is 475 g/mol. The Kier molecular flexibility index (Phi) is 6.32. The van der Waals surface area contributed by atoms with Crippen LogP contribution < -0.4 is 18.9 Å². The summed E-state index contributed by atoms with van der Waals surface area (Å²) in [6, 6.07) is 11.9. The van der Waals surface area contributed by atoms with Crippen molar-refractivity contribution in [2.45, 2.75) is 17.4 Å². The molecule has 2 heterocycles. The van der Waals surface area contributed by atoms with Gasteiger partial charge in [0.2, 0.25) is 10.0 Å². The second-order valence-electron chi connectivity index (χ2n) is 7.21. The fourth-order valence-corrected chi connectivity index (χ4v) is 6.56. The third-order valence-electron chi connectivity index (χ3n) is 5.60. The molecule has 9 heteroatoms. The summed E-state index contributed by atoms with van der Waals surface area (Å²) in [4.78, 5) is 1.09. The molecule has 7 nitrogen and oxygen atoms in total. The van der Waals surface area contributed by atoms with Gasteiger partial charge in [0, 0.05) is 17.5 Å². The maximum absolute atomic E-state index is 13.8. The standard InChI is InChI=1S/C23H25NO6S2/c1-27-18-8-7-16(13-20(18)29-3)32(25,26)24-10-9-15-12-19(28-2)21(30-4)14-17(15)23(24)22-6-5-11-31-22/h5-8,11-14,23H,9-10H2,1-4H3. The van der Waals surface area contributed by atoms with Gasteiger partial charge in [0.1, 0.15) is 0 Å². The third kappa shape index (κ3) is 3.80. The Morgan fingerprint density at radius 3 is 2.16 bits per heavy atom. The fourth-order valence-electron chi connectivity index (χ4n) is 4.04. The highest BCUT2D eigenvalue weighted by molar-refractivity contribution is 7.89. The molecule has 0 spiro atoms. The zero-order valence-corrected chi connectivity index (χ0v) is 20.0. The number of hydrogen-bond donors (Lipinski definition) is 0. The molecular weight excluding hydrogens is 450 g/mol. The van der Waals surface area contributed by atoms with Crippen LogP contribution in [0.4, 0.5) is 0 Å². The molecule has 4 rings (SSSR count). The number of hydrogen-bond acceptors (Lipinski definition) is 7. The van der Waals surface area contributed by atoms with E-state index in [1.54, 1.807) is 30.7 Å². The number of benzene rings is 2. The Morgan fingerprint density at radius 1 is 0.875 bits per heavy atom. The zero-order valence-electron chi connectivity index (χ0n) is 18.3. The first kappa shape index (κ1) is 22.4. The predicted molar refractivity (Wildman–Crippen MR) is 123 cm³/mol. The largest absolute Gasteiger partial charge is 0.493 e. The summed E-state index contributed by atoms with van der Waals surface area (Å²) < 4.78 is 50.8. The van der Waals surface area contributed by atoms with Crippen LogP contribution >= 0.6 is 11.3 Å². The van der Waals surface area contributed by atoms with E-state index in [1.165, 1.54) is 31.6 Å². The highest BCUT2D eigenvalue weighted by atomic mass is 32.2. The Balaban J connectivity index is 1.86. The van der Waals surface area contributed by atoms with Gasteiger partial charge in [0.25, 0.3) is 0 Å². The van der Waals surface area contributed by atoms with Crippen molar-refractivity contribution in [3.63, 3.8) is 0 Å². The molecule has 1 aliphatic heterocycles. The second-order valence-corrected chi connectivity index (χ2v) is 10.1. The van der Waals surface area contributed by atoms with Gasteiger partial charge in [-0.1, -0.05) is 6.07 Å². The molecule has 0 bridgehead atoms. The summed E-state index contributed by atoms with van der Waals surface area (Å²) in [5.74, 6) is 2.04. The van der Waals surface area contributed by atoms with Crippen LogP contribution in [0.25, 0.3) is 0 Å². The molecule has 1 atom stereocenters. The minimum absolute atomic E-state index is 0.153. The lowest BCUT2D eigenvalue weighted by Gasteiger charge is -2.36. The smallest absolute Gasteiger partial charge is 0.244 e. The summed E-state index contributed by atoms with van der Waals surface area (Å²) >= 11 is 1.52. The lowest BCUT2D eigenvalue weighted by atomic mass is 9.92. The maximum Gasteiger partial charge on any atom is 0.244 e. The highest BCUT2D eigenvalue weighted by Crippen LogP contribution is 2.44. The van der Waals surface area contributed by atoms with E-state index in [-0.39, 0.29) is 4.90 Å². The van der Waals surface area contributed by atoms with Crippen molar-refractivity contribution in [3.8, 4) is 23.0 Å². The Bertz CT molecular complexity index is 1210. The van der Waals surface area contributed by atoms with Crippen molar-refractivity contribution in [1.82, 2.24) is 4.31 Å². The molecule has 170 valence electrons. The van der Waals surface area contributed by atoms with Crippen LogP contribution in [-0.4, -0.2) is 47.7 Å². The van der Waals surface area contributed by atoms with Crippen LogP contribution in [0, 0.1) is 0 Å². The van der Waals surface area contributed by atoms with Gasteiger partial charge in [-0.05, 0) is 53.3 Å². The molecule has 0 fully saturated rings. The van der Waals surface area contributed by atoms with E-state index in [9.17, 15) is 8.42 Å². The normalized spacial score (nSPS) is 16.3. The molecular formula is C23H25NO6S2. The van der Waals surface area contributed by atoms with Gasteiger partial charge in [-0.15, -0.1) is 11.3 Å². The highest BCUT2D eigenvalue weighted by Gasteiger charge is 2.39. The third-order valence-corrected chi connectivity index (χ3v) is 8.39. The summed E-state index contributed by atoms with van der Waals surface area (Å²) in [6.07, 6.45) is 0.560. The minimum atomic E-state index is -3.84. The molecule has 0 saturated heterocycles. The van der Waals surface area contributed by atoms with Crippen molar-refractivity contribution in [3.05, 3.63) is 63.8 Å². The molecule has 2 aromatic carbocycles. The topological polar surface area (TPSA) is 74.3 Å². The molecule has 3 aromatic rings. The molecule has 32 heavy (non-hydrogen) atoms. The number of rotatable bonds is 7. The molecule has 1 unspecified atom stereocenters. The van der Waals surface area contributed by atoms with Gasteiger partial charge in [-0.3, -0.25) is 0 Å². The van der Waals surface area contributed by atoms with Crippen LogP contribution in [0.2, 0.25) is 0 Å². The van der Waals surface area contributed by atoms with E-state index in [2.05, 4.69) is 0 Å². The molecule has 0 radical (unpaired) electrons. The van der Waals surface area contributed by atoms with Crippen LogP contribution in [0.3, 0.4) is 0 Å². The quantitative estimate of drug-likeness (QED) is 0.512. The van der Waals surface area contributed by atoms with Crippen LogP contribution in [0.15, 0.2) is 52.7 Å². The van der Waals surface area contributed by atoms with Gasteiger partial charge in [-0.2, -0.15) is 4.31 Å². The van der Waals surface area contributed by atoms with Gasteiger partial charge >= 0.3 is 0 Å². The lowest BCUT2D eigenvalue weighted by Crippen LogP contribution is -2.40. The number of sulfonamides is 1. The minimum Gasteiger partial charge on any atom is -0.493 e. The first-order valence-electron chi connectivity index (χ1n) is 9.96. The van der Waals surface area contributed by atoms with Crippen molar-refractivity contribution < 1.29 is 27.4 Å². The predicted octanol–water partition coefficient (Wildman–Crippen LogP) is 4.12. The van der Waals surface area contributed by atoms with E-state index >= 15 is 0 Å². The molecule has 0 N–H and O–H groups in total. The van der Waals surface area contributed by atoms with Crippen molar-refractivity contribution in [2.75, 3.05) is 35.0 Å². The van der Waals surface area contributed by atoms with Gasteiger partial charge in [0.05, 0.1) is 39.4 Å². The molecule has 0 aliphatic carbocycles. The Morgan fingerprint density at radius 2 is 1.53 bits per heavy atom. The van der Waals surface area contributed by atoms with Crippen LogP contribution in [-0.2, 0) is 16.4 Å². The number of thiophene rings is 1. The average Bonchev–Trinajstić information content (AvgIpc) is 3.36. The number of fused-ring (bicyclic) bond motifs is 1. The Hall–Kier alpha value is -2.75. The number of methoxy groups -OCH3 is 4. The Labute approximate surface area is 192 Å². The van der Waals surface area contributed by atoms with E-state index < -0.39 is 16.1 Å². The first-order valence-corrected chi connectivity index (χ1v) is 12.3. The fraction of sp³-hybridized carbons (Fsp3) is 0.304. The van der Waals surface area contributed by atoms with E-state index in [0.29, 0.717) is 36.0 Å². The van der Waals surface area contributed by atoms with Crippen LogP contribution in [0.1, 0.15) is 22.0 Å². The maximum atomic E-state index is 13.8. The first-order chi connectivity index (χ1) is 15.4. The van der Waals surface area contributed by atoms with Crippen molar-refractivity contribution in [1.29, 1.82) is 0 Å². The zero-order chi connectivity index (χ0) is 22.9. The van der Waals surface area contributed by atoms with E-state index in [4.69, 9.17) is 18.9 Å². The van der Waals surface area contributed by atoms with Crippen molar-refractivity contribution in [2.24, 2.45) is 0 Å². The average molecular weight is 476 g/mol.